The summed E-state index contributed by atoms with van der Waals surface area (Å²) in [5, 5.41) is 5.47. The second kappa shape index (κ2) is 6.41. The fraction of sp³-hybridized carbons (Fsp3) is 0.467. The predicted molar refractivity (Wildman–Crippen MR) is 82.4 cm³/mol. The van der Waals surface area contributed by atoms with E-state index in [-0.39, 0.29) is 5.91 Å². The third kappa shape index (κ3) is 3.33. The maximum Gasteiger partial charge on any atom is 0.270 e. The van der Waals surface area contributed by atoms with Crippen molar-refractivity contribution in [3.05, 3.63) is 29.5 Å². The number of amides is 1. The van der Waals surface area contributed by atoms with Gasteiger partial charge in [0.05, 0.1) is 6.26 Å². The van der Waals surface area contributed by atoms with E-state index in [1.165, 1.54) is 24.2 Å². The van der Waals surface area contributed by atoms with E-state index in [1.54, 1.807) is 11.6 Å². The molecule has 1 saturated heterocycles. The van der Waals surface area contributed by atoms with Crippen LogP contribution in [0.25, 0.3) is 10.8 Å². The summed E-state index contributed by atoms with van der Waals surface area (Å²) in [4.78, 5) is 18.9. The second-order valence-electron chi connectivity index (χ2n) is 5.32. The van der Waals surface area contributed by atoms with E-state index in [0.29, 0.717) is 24.0 Å². The minimum absolute atomic E-state index is 0.116. The summed E-state index contributed by atoms with van der Waals surface area (Å²) >= 11 is 1.42. The zero-order chi connectivity index (χ0) is 14.7. The quantitative estimate of drug-likeness (QED) is 0.922. The fourth-order valence-corrected chi connectivity index (χ4v) is 3.30. The Morgan fingerprint density at radius 2 is 2.33 bits per heavy atom. The first-order chi connectivity index (χ1) is 10.2. The molecule has 3 heterocycles. The molecule has 0 aliphatic carbocycles. The van der Waals surface area contributed by atoms with Crippen LogP contribution < -0.4 is 5.32 Å². The van der Waals surface area contributed by atoms with Gasteiger partial charge in [-0.2, -0.15) is 0 Å². The van der Waals surface area contributed by atoms with Gasteiger partial charge >= 0.3 is 0 Å². The molecule has 2 aromatic rings. The van der Waals surface area contributed by atoms with E-state index in [4.69, 9.17) is 4.42 Å². The van der Waals surface area contributed by atoms with Gasteiger partial charge in [0.15, 0.2) is 10.8 Å². The fourth-order valence-electron chi connectivity index (χ4n) is 2.53. The van der Waals surface area contributed by atoms with Gasteiger partial charge in [-0.05, 0) is 45.0 Å². The van der Waals surface area contributed by atoms with E-state index < -0.39 is 0 Å². The molecule has 0 saturated carbocycles. The highest BCUT2D eigenvalue weighted by Crippen LogP contribution is 2.23. The molecule has 1 aliphatic heterocycles. The molecular formula is C15H19N3O2S. The normalized spacial score (nSPS) is 17.0. The summed E-state index contributed by atoms with van der Waals surface area (Å²) in [5.41, 5.74) is 0.458. The summed E-state index contributed by atoms with van der Waals surface area (Å²) in [6.45, 7) is 5.08. The highest BCUT2D eigenvalue weighted by atomic mass is 32.1. The van der Waals surface area contributed by atoms with Gasteiger partial charge in [-0.25, -0.2) is 4.98 Å². The van der Waals surface area contributed by atoms with E-state index >= 15 is 0 Å². The van der Waals surface area contributed by atoms with Crippen LogP contribution in [0.3, 0.4) is 0 Å². The number of hydrogen-bond donors (Lipinski definition) is 1. The van der Waals surface area contributed by atoms with Crippen LogP contribution in [0.2, 0.25) is 0 Å². The van der Waals surface area contributed by atoms with Gasteiger partial charge in [0.1, 0.15) is 5.69 Å². The van der Waals surface area contributed by atoms with Crippen LogP contribution in [0.4, 0.5) is 0 Å². The van der Waals surface area contributed by atoms with Crippen molar-refractivity contribution >= 4 is 17.2 Å². The standard InChI is InChI=1S/C15H19N3O2S/c1-11(18-6-2-3-7-18)9-16-14(19)12-10-21-15(17-12)13-5-4-8-20-13/h4-5,8,10-11H,2-3,6-7,9H2,1H3,(H,16,19). The van der Waals surface area contributed by atoms with Crippen molar-refractivity contribution in [3.63, 3.8) is 0 Å². The minimum Gasteiger partial charge on any atom is -0.462 e. The average molecular weight is 305 g/mol. The summed E-state index contributed by atoms with van der Waals surface area (Å²) in [7, 11) is 0. The van der Waals surface area contributed by atoms with Crippen molar-refractivity contribution in [2.75, 3.05) is 19.6 Å². The molecule has 0 spiro atoms. The third-order valence-corrected chi connectivity index (χ3v) is 4.65. The molecule has 0 radical (unpaired) electrons. The van der Waals surface area contributed by atoms with E-state index in [9.17, 15) is 4.79 Å². The number of thiazole rings is 1. The monoisotopic (exact) mass is 305 g/mol. The Hall–Kier alpha value is -1.66. The molecule has 6 heteroatoms. The molecular weight excluding hydrogens is 286 g/mol. The van der Waals surface area contributed by atoms with Crippen molar-refractivity contribution in [1.82, 2.24) is 15.2 Å². The smallest absolute Gasteiger partial charge is 0.270 e. The lowest BCUT2D eigenvalue weighted by Gasteiger charge is -2.23. The lowest BCUT2D eigenvalue weighted by atomic mass is 10.3. The third-order valence-electron chi connectivity index (χ3n) is 3.79. The van der Waals surface area contributed by atoms with Gasteiger partial charge < -0.3 is 9.73 Å². The minimum atomic E-state index is -0.116. The molecule has 1 fully saturated rings. The molecule has 21 heavy (non-hydrogen) atoms. The molecule has 0 aromatic carbocycles. The number of aromatic nitrogens is 1. The predicted octanol–water partition coefficient (Wildman–Crippen LogP) is 2.62. The van der Waals surface area contributed by atoms with Crippen LogP contribution in [-0.4, -0.2) is 41.5 Å². The van der Waals surface area contributed by atoms with E-state index in [2.05, 4.69) is 22.1 Å². The van der Waals surface area contributed by atoms with Crippen LogP contribution in [0.1, 0.15) is 30.3 Å². The number of furan rings is 1. The van der Waals surface area contributed by atoms with Gasteiger partial charge in [-0.15, -0.1) is 11.3 Å². The van der Waals surface area contributed by atoms with Crippen molar-refractivity contribution in [2.24, 2.45) is 0 Å². The van der Waals surface area contributed by atoms with Crippen molar-refractivity contribution in [3.8, 4) is 10.8 Å². The lowest BCUT2D eigenvalue weighted by Crippen LogP contribution is -2.40. The molecule has 1 atom stereocenters. The zero-order valence-corrected chi connectivity index (χ0v) is 12.9. The van der Waals surface area contributed by atoms with Crippen LogP contribution in [0.15, 0.2) is 28.2 Å². The number of nitrogens with zero attached hydrogens (tertiary/aromatic N) is 2. The Balaban J connectivity index is 1.55. The number of rotatable bonds is 5. The molecule has 1 N–H and O–H groups in total. The van der Waals surface area contributed by atoms with E-state index in [0.717, 1.165) is 18.1 Å². The van der Waals surface area contributed by atoms with E-state index in [1.807, 2.05) is 12.1 Å². The Morgan fingerprint density at radius 1 is 1.52 bits per heavy atom. The first-order valence-corrected chi connectivity index (χ1v) is 8.13. The topological polar surface area (TPSA) is 58.4 Å². The molecule has 0 bridgehead atoms. The van der Waals surface area contributed by atoms with Gasteiger partial charge in [0, 0.05) is 18.0 Å². The van der Waals surface area contributed by atoms with Crippen LogP contribution in [0.5, 0.6) is 0 Å². The van der Waals surface area contributed by atoms with Gasteiger partial charge in [0.2, 0.25) is 0 Å². The maximum absolute atomic E-state index is 12.1. The highest BCUT2D eigenvalue weighted by molar-refractivity contribution is 7.13. The van der Waals surface area contributed by atoms with Gasteiger partial charge in [-0.1, -0.05) is 0 Å². The van der Waals surface area contributed by atoms with Gasteiger partial charge in [0.25, 0.3) is 5.91 Å². The molecule has 1 unspecified atom stereocenters. The first-order valence-electron chi connectivity index (χ1n) is 7.25. The van der Waals surface area contributed by atoms with Crippen LogP contribution in [-0.2, 0) is 0 Å². The Labute approximate surface area is 128 Å². The van der Waals surface area contributed by atoms with Gasteiger partial charge in [-0.3, -0.25) is 9.69 Å². The second-order valence-corrected chi connectivity index (χ2v) is 6.18. The summed E-state index contributed by atoms with van der Waals surface area (Å²) in [6.07, 6.45) is 4.13. The largest absolute Gasteiger partial charge is 0.462 e. The number of hydrogen-bond acceptors (Lipinski definition) is 5. The number of carbonyl (C=O) groups excluding carboxylic acids is 1. The molecule has 5 nitrogen and oxygen atoms in total. The summed E-state index contributed by atoms with van der Waals surface area (Å²) < 4.78 is 5.29. The van der Waals surface area contributed by atoms with Crippen molar-refractivity contribution in [2.45, 2.75) is 25.8 Å². The summed E-state index contributed by atoms with van der Waals surface area (Å²) in [6, 6.07) is 4.03. The maximum atomic E-state index is 12.1. The molecule has 1 amide bonds. The SMILES string of the molecule is CC(CNC(=O)c1csc(-c2ccco2)n1)N1CCCC1. The first kappa shape index (κ1) is 14.3. The van der Waals surface area contributed by atoms with Crippen molar-refractivity contribution < 1.29 is 9.21 Å². The molecule has 1 aliphatic rings. The lowest BCUT2D eigenvalue weighted by molar-refractivity contribution is 0.0936. The van der Waals surface area contributed by atoms with Crippen molar-refractivity contribution in [1.29, 1.82) is 0 Å². The molecule has 2 aromatic heterocycles. The summed E-state index contributed by atoms with van der Waals surface area (Å²) in [5.74, 6) is 0.583. The molecule has 3 rings (SSSR count). The number of nitrogens with one attached hydrogen (secondary N) is 1. The Kier molecular flexibility index (Phi) is 4.36. The Bertz CT molecular complexity index is 588. The zero-order valence-electron chi connectivity index (χ0n) is 12.0. The molecule has 112 valence electrons. The highest BCUT2D eigenvalue weighted by Gasteiger charge is 2.19. The van der Waals surface area contributed by atoms with Crippen LogP contribution in [0, 0.1) is 0 Å². The number of likely N-dealkylation sites (tertiary alicyclic amines) is 1. The van der Waals surface area contributed by atoms with Crippen LogP contribution >= 0.6 is 11.3 Å². The number of carbonyl (C=O) groups is 1. The Morgan fingerprint density at radius 3 is 3.05 bits per heavy atom. The average Bonchev–Trinajstić information content (AvgIpc) is 3.25.